The van der Waals surface area contributed by atoms with E-state index in [2.05, 4.69) is 33.8 Å². The molecule has 0 radical (unpaired) electrons. The summed E-state index contributed by atoms with van der Waals surface area (Å²) in [6.07, 6.45) is 8.07. The van der Waals surface area contributed by atoms with E-state index in [0.29, 0.717) is 0 Å². The van der Waals surface area contributed by atoms with Crippen LogP contribution in [0.4, 0.5) is 0 Å². The standard InChI is InChI=1S/C16H18N4OS/c21-16(20-9-7-17-8-10-20)14-2-1-13(22-14)11-3-5-18-15-12(11)4-6-19-15/h1-6,11-12,17H,7-10H2,(H,18,19). The first-order valence-electron chi connectivity index (χ1n) is 7.60. The van der Waals surface area contributed by atoms with Gasteiger partial charge >= 0.3 is 0 Å². The van der Waals surface area contributed by atoms with E-state index in [1.54, 1.807) is 11.3 Å². The van der Waals surface area contributed by atoms with Crippen LogP contribution in [0.1, 0.15) is 20.5 Å². The van der Waals surface area contributed by atoms with Crippen molar-refractivity contribution >= 4 is 23.1 Å². The second-order valence-electron chi connectivity index (χ2n) is 5.66. The molecule has 1 fully saturated rings. The monoisotopic (exact) mass is 314 g/mol. The highest BCUT2D eigenvalue weighted by Gasteiger charge is 2.30. The van der Waals surface area contributed by atoms with Crippen LogP contribution in [0.2, 0.25) is 0 Å². The minimum atomic E-state index is 0.159. The lowest BCUT2D eigenvalue weighted by atomic mass is 9.89. The van der Waals surface area contributed by atoms with Gasteiger partial charge in [-0.05, 0) is 18.3 Å². The van der Waals surface area contributed by atoms with Crippen molar-refractivity contribution in [1.82, 2.24) is 15.5 Å². The minimum absolute atomic E-state index is 0.159. The molecule has 0 saturated carbocycles. The van der Waals surface area contributed by atoms with Crippen molar-refractivity contribution in [2.75, 3.05) is 26.2 Å². The van der Waals surface area contributed by atoms with Gasteiger partial charge in [-0.2, -0.15) is 0 Å². The molecule has 4 heterocycles. The van der Waals surface area contributed by atoms with Gasteiger partial charge in [-0.15, -0.1) is 11.3 Å². The largest absolute Gasteiger partial charge is 0.350 e. The first-order chi connectivity index (χ1) is 10.8. The predicted octanol–water partition coefficient (Wildman–Crippen LogP) is 1.54. The minimum Gasteiger partial charge on any atom is -0.350 e. The Hall–Kier alpha value is -1.92. The van der Waals surface area contributed by atoms with Crippen LogP contribution >= 0.6 is 11.3 Å². The van der Waals surface area contributed by atoms with Gasteiger partial charge in [0.25, 0.3) is 5.91 Å². The highest BCUT2D eigenvalue weighted by Crippen LogP contribution is 2.36. The topological polar surface area (TPSA) is 56.7 Å². The Kier molecular flexibility index (Phi) is 3.56. The molecule has 4 rings (SSSR count). The van der Waals surface area contributed by atoms with Crippen molar-refractivity contribution in [2.45, 2.75) is 5.92 Å². The van der Waals surface area contributed by atoms with Crippen LogP contribution in [-0.4, -0.2) is 42.8 Å². The van der Waals surface area contributed by atoms with Gasteiger partial charge in [0.1, 0.15) is 5.84 Å². The molecule has 3 aliphatic heterocycles. The summed E-state index contributed by atoms with van der Waals surface area (Å²) in [4.78, 5) is 20.9. The Balaban J connectivity index is 1.54. The molecule has 2 atom stereocenters. The average molecular weight is 314 g/mol. The molecule has 2 N–H and O–H groups in total. The van der Waals surface area contributed by atoms with E-state index >= 15 is 0 Å². The van der Waals surface area contributed by atoms with Crippen molar-refractivity contribution in [3.8, 4) is 0 Å². The molecular weight excluding hydrogens is 296 g/mol. The summed E-state index contributed by atoms with van der Waals surface area (Å²) in [5.74, 6) is 1.70. The quantitative estimate of drug-likeness (QED) is 0.870. The predicted molar refractivity (Wildman–Crippen MR) is 88.2 cm³/mol. The fourth-order valence-electron chi connectivity index (χ4n) is 3.12. The van der Waals surface area contributed by atoms with E-state index in [-0.39, 0.29) is 17.7 Å². The second kappa shape index (κ2) is 5.70. The number of nitrogens with one attached hydrogen (secondary N) is 2. The lowest BCUT2D eigenvalue weighted by Crippen LogP contribution is -2.46. The Bertz CT molecular complexity index is 669. The number of fused-ring (bicyclic) bond motifs is 1. The third-order valence-corrected chi connectivity index (χ3v) is 5.49. The third kappa shape index (κ3) is 2.38. The zero-order chi connectivity index (χ0) is 14.9. The second-order valence-corrected chi connectivity index (χ2v) is 6.77. The molecule has 1 aromatic rings. The number of thiophene rings is 1. The van der Waals surface area contributed by atoms with E-state index in [9.17, 15) is 4.79 Å². The summed E-state index contributed by atoms with van der Waals surface area (Å²) in [7, 11) is 0. The zero-order valence-electron chi connectivity index (χ0n) is 12.2. The van der Waals surface area contributed by atoms with Gasteiger partial charge < -0.3 is 15.5 Å². The van der Waals surface area contributed by atoms with Gasteiger partial charge in [-0.25, -0.2) is 4.99 Å². The first-order valence-corrected chi connectivity index (χ1v) is 8.42. The molecule has 0 spiro atoms. The molecule has 0 bridgehead atoms. The Morgan fingerprint density at radius 3 is 2.95 bits per heavy atom. The molecule has 22 heavy (non-hydrogen) atoms. The zero-order valence-corrected chi connectivity index (χ0v) is 13.0. The van der Waals surface area contributed by atoms with Crippen molar-refractivity contribution in [3.05, 3.63) is 46.4 Å². The number of amidine groups is 1. The molecule has 5 nitrogen and oxygen atoms in total. The lowest BCUT2D eigenvalue weighted by molar-refractivity contribution is 0.0740. The maximum atomic E-state index is 12.6. The Morgan fingerprint density at radius 1 is 1.23 bits per heavy atom. The number of aliphatic imine (C=N–C) groups is 1. The van der Waals surface area contributed by atoms with Gasteiger partial charge in [0.2, 0.25) is 0 Å². The maximum Gasteiger partial charge on any atom is 0.264 e. The average Bonchev–Trinajstić information content (AvgIpc) is 3.24. The van der Waals surface area contributed by atoms with Crippen LogP contribution in [0.25, 0.3) is 0 Å². The van der Waals surface area contributed by atoms with Crippen LogP contribution in [0, 0.1) is 5.92 Å². The van der Waals surface area contributed by atoms with Crippen molar-refractivity contribution in [3.63, 3.8) is 0 Å². The van der Waals surface area contributed by atoms with Crippen molar-refractivity contribution < 1.29 is 4.79 Å². The van der Waals surface area contributed by atoms with Gasteiger partial charge in [0.15, 0.2) is 0 Å². The molecule has 114 valence electrons. The van der Waals surface area contributed by atoms with Gasteiger partial charge in [0.05, 0.1) is 4.88 Å². The van der Waals surface area contributed by atoms with Crippen LogP contribution in [0.5, 0.6) is 0 Å². The number of allylic oxidation sites excluding steroid dienone is 1. The molecule has 1 amide bonds. The first kappa shape index (κ1) is 13.7. The fraction of sp³-hybridized carbons (Fsp3) is 0.375. The van der Waals surface area contributed by atoms with E-state index in [1.807, 2.05) is 23.4 Å². The Labute approximate surface area is 133 Å². The van der Waals surface area contributed by atoms with Crippen LogP contribution in [0.3, 0.4) is 0 Å². The lowest BCUT2D eigenvalue weighted by Gasteiger charge is -2.27. The number of piperazine rings is 1. The third-order valence-electron chi connectivity index (χ3n) is 4.31. The van der Waals surface area contributed by atoms with Crippen LogP contribution < -0.4 is 10.6 Å². The van der Waals surface area contributed by atoms with E-state index in [1.165, 1.54) is 4.88 Å². The van der Waals surface area contributed by atoms with Crippen LogP contribution in [-0.2, 0) is 0 Å². The normalized spacial score (nSPS) is 26.5. The van der Waals surface area contributed by atoms with Gasteiger partial charge in [-0.3, -0.25) is 4.79 Å². The van der Waals surface area contributed by atoms with Crippen molar-refractivity contribution in [2.24, 2.45) is 10.9 Å². The van der Waals surface area contributed by atoms with E-state index in [0.717, 1.165) is 36.9 Å². The SMILES string of the molecule is O=C(c1ccc(C2C=CN=C3NC=CC32)s1)N1CCNCC1. The molecule has 0 aliphatic carbocycles. The molecular formula is C16H18N4OS. The summed E-state index contributed by atoms with van der Waals surface area (Å²) in [6, 6.07) is 4.06. The van der Waals surface area contributed by atoms with Gasteiger partial charge in [-0.1, -0.05) is 12.2 Å². The number of amides is 1. The van der Waals surface area contributed by atoms with Crippen molar-refractivity contribution in [1.29, 1.82) is 0 Å². The molecule has 1 aromatic heterocycles. The highest BCUT2D eigenvalue weighted by molar-refractivity contribution is 7.14. The van der Waals surface area contributed by atoms with Crippen LogP contribution in [0.15, 0.2) is 41.7 Å². The maximum absolute atomic E-state index is 12.6. The highest BCUT2D eigenvalue weighted by atomic mass is 32.1. The molecule has 0 aromatic carbocycles. The smallest absolute Gasteiger partial charge is 0.264 e. The number of hydrogen-bond acceptors (Lipinski definition) is 5. The van der Waals surface area contributed by atoms with E-state index < -0.39 is 0 Å². The summed E-state index contributed by atoms with van der Waals surface area (Å²) >= 11 is 1.61. The van der Waals surface area contributed by atoms with E-state index in [4.69, 9.17) is 0 Å². The molecule has 2 unspecified atom stereocenters. The number of hydrogen-bond donors (Lipinski definition) is 2. The Morgan fingerprint density at radius 2 is 2.09 bits per heavy atom. The summed E-state index contributed by atoms with van der Waals surface area (Å²) in [5.41, 5.74) is 0. The molecule has 3 aliphatic rings. The number of carbonyl (C=O) groups is 1. The summed E-state index contributed by atoms with van der Waals surface area (Å²) in [6.45, 7) is 3.35. The molecule has 1 saturated heterocycles. The summed E-state index contributed by atoms with van der Waals surface area (Å²) < 4.78 is 0. The number of rotatable bonds is 2. The number of nitrogens with zero attached hydrogens (tertiary/aromatic N) is 2. The molecule has 6 heteroatoms. The fourth-order valence-corrected chi connectivity index (χ4v) is 4.22. The van der Waals surface area contributed by atoms with Gasteiger partial charge in [0, 0.05) is 49.1 Å². The summed E-state index contributed by atoms with van der Waals surface area (Å²) in [5, 5.41) is 6.46. The number of carbonyl (C=O) groups excluding carboxylic acids is 1.